The van der Waals surface area contributed by atoms with Crippen LogP contribution in [0.1, 0.15) is 13.3 Å². The second kappa shape index (κ2) is 19.2. The van der Waals surface area contributed by atoms with Gasteiger partial charge < -0.3 is 29.8 Å². The van der Waals surface area contributed by atoms with Crippen molar-refractivity contribution in [3.63, 3.8) is 0 Å². The van der Waals surface area contributed by atoms with Crippen molar-refractivity contribution in [2.24, 2.45) is 0 Å². The molecule has 0 spiro atoms. The van der Waals surface area contributed by atoms with Gasteiger partial charge in [0.15, 0.2) is 0 Å². The predicted molar refractivity (Wildman–Crippen MR) is 38.4 cm³/mol. The zero-order chi connectivity index (χ0) is 7.91. The molecule has 0 bridgehead atoms. The molecule has 0 unspecified atom stereocenters. The second-order valence-electron chi connectivity index (χ2n) is 1.17. The molecule has 0 fully saturated rings. The van der Waals surface area contributed by atoms with E-state index in [0.29, 0.717) is 6.61 Å². The molecule has 0 amide bonds. The molecule has 0 aromatic heterocycles. The minimum atomic E-state index is -5.39. The van der Waals surface area contributed by atoms with Gasteiger partial charge in [0.2, 0.25) is 0 Å². The number of phosphoric acid groups is 1. The number of rotatable bonds is 1. The van der Waals surface area contributed by atoms with Gasteiger partial charge in [-0.1, -0.05) is 6.92 Å². The molecule has 0 aliphatic heterocycles. The fourth-order valence-corrected chi connectivity index (χ4v) is 0. The maximum atomic E-state index is 8.55. The summed E-state index contributed by atoms with van der Waals surface area (Å²) in [5.74, 6) is 0. The summed E-state index contributed by atoms with van der Waals surface area (Å²) in [5, 5.41) is 7.88. The molecular formula is C3H9Ca2O6P. The molecule has 66 valence electrons. The summed E-state index contributed by atoms with van der Waals surface area (Å²) >= 11 is 0. The molecule has 9 heteroatoms. The molecule has 0 aliphatic carbocycles. The smallest absolute Gasteiger partial charge is 0.870 e. The SMILES string of the molecule is CCCO.O=P([O-])([O-])[O-].[Ca+2].[Ca+2].[OH-]. The molecule has 0 aromatic carbocycles. The maximum Gasteiger partial charge on any atom is 2.00 e. The molecule has 6 nitrogen and oxygen atoms in total. The van der Waals surface area contributed by atoms with Gasteiger partial charge >= 0.3 is 75.5 Å². The molecule has 0 aromatic rings. The average Bonchev–Trinajstić information content (AvgIpc) is 1.61. The van der Waals surface area contributed by atoms with Crippen LogP contribution in [-0.4, -0.2) is 92.7 Å². The third kappa shape index (κ3) is 133. The van der Waals surface area contributed by atoms with Gasteiger partial charge in [0, 0.05) is 6.61 Å². The van der Waals surface area contributed by atoms with Crippen LogP contribution in [-0.2, 0) is 4.57 Å². The number of hydrogen-bond donors (Lipinski definition) is 1. The van der Waals surface area contributed by atoms with Gasteiger partial charge in [0.1, 0.15) is 0 Å². The van der Waals surface area contributed by atoms with E-state index in [1.54, 1.807) is 0 Å². The van der Waals surface area contributed by atoms with E-state index in [1.165, 1.54) is 0 Å². The Morgan fingerprint density at radius 3 is 1.33 bits per heavy atom. The van der Waals surface area contributed by atoms with Gasteiger partial charge in [-0.05, 0) is 6.42 Å². The normalized spacial score (nSPS) is 7.42. The van der Waals surface area contributed by atoms with Crippen LogP contribution in [0.5, 0.6) is 0 Å². The van der Waals surface area contributed by atoms with Crippen LogP contribution >= 0.6 is 7.82 Å². The van der Waals surface area contributed by atoms with Crippen LogP contribution in [0, 0.1) is 0 Å². The van der Waals surface area contributed by atoms with Crippen molar-refractivity contribution in [3.05, 3.63) is 0 Å². The number of aliphatic hydroxyl groups excluding tert-OH is 1. The first kappa shape index (κ1) is 29.3. The minimum absolute atomic E-state index is 0. The maximum absolute atomic E-state index is 8.55. The van der Waals surface area contributed by atoms with E-state index in [4.69, 9.17) is 24.4 Å². The molecule has 0 saturated carbocycles. The Morgan fingerprint density at radius 2 is 1.33 bits per heavy atom. The van der Waals surface area contributed by atoms with E-state index in [9.17, 15) is 0 Å². The van der Waals surface area contributed by atoms with Crippen molar-refractivity contribution in [1.29, 1.82) is 0 Å². The minimum Gasteiger partial charge on any atom is -0.870 e. The summed E-state index contributed by atoms with van der Waals surface area (Å²) in [6.07, 6.45) is 0.875. The van der Waals surface area contributed by atoms with Crippen molar-refractivity contribution in [2.75, 3.05) is 6.61 Å². The predicted octanol–water partition coefficient (Wildman–Crippen LogP) is -3.37. The fraction of sp³-hybridized carbons (Fsp3) is 1.00. The summed E-state index contributed by atoms with van der Waals surface area (Å²) in [4.78, 5) is 25.6. The first-order valence-electron chi connectivity index (χ1n) is 2.25. The van der Waals surface area contributed by atoms with E-state index < -0.39 is 7.82 Å². The molecular weight excluding hydrogens is 243 g/mol. The van der Waals surface area contributed by atoms with Crippen LogP contribution in [0.3, 0.4) is 0 Å². The summed E-state index contributed by atoms with van der Waals surface area (Å²) < 4.78 is 8.55. The van der Waals surface area contributed by atoms with Crippen LogP contribution in [0.15, 0.2) is 0 Å². The molecule has 0 atom stereocenters. The first-order valence-corrected chi connectivity index (χ1v) is 3.71. The van der Waals surface area contributed by atoms with E-state index >= 15 is 0 Å². The molecule has 12 heavy (non-hydrogen) atoms. The van der Waals surface area contributed by atoms with E-state index in [-0.39, 0.29) is 81.0 Å². The van der Waals surface area contributed by atoms with E-state index in [1.807, 2.05) is 6.92 Å². The molecule has 0 aliphatic rings. The average molecular weight is 252 g/mol. The van der Waals surface area contributed by atoms with Crippen LogP contribution in [0.25, 0.3) is 0 Å². The second-order valence-corrected chi connectivity index (χ2v) is 2.07. The molecule has 0 rings (SSSR count). The molecule has 2 N–H and O–H groups in total. The number of aliphatic hydroxyl groups is 1. The zero-order valence-electron chi connectivity index (χ0n) is 6.80. The molecule has 0 saturated heterocycles. The third-order valence-electron chi connectivity index (χ3n) is 0.224. The monoisotopic (exact) mass is 252 g/mol. The standard InChI is InChI=1S/C3H8O.2Ca.H3O4P.H2O/c1-2-3-4;;;1-5(2,3)4;/h4H,2-3H2,1H3;;;(H3,1,2,3,4);1H2/q;2*+2;;/p-4. The zero-order valence-corrected chi connectivity index (χ0v) is 12.1. The Balaban J connectivity index is -0.0000000221. The summed E-state index contributed by atoms with van der Waals surface area (Å²) in [5.41, 5.74) is 0. The van der Waals surface area contributed by atoms with Crippen LogP contribution in [0.4, 0.5) is 0 Å². The Labute approximate surface area is 131 Å². The summed E-state index contributed by atoms with van der Waals surface area (Å²) in [6, 6.07) is 0. The largest absolute Gasteiger partial charge is 2.00 e. The Hall–Kier alpha value is 2.55. The van der Waals surface area contributed by atoms with Gasteiger partial charge in [-0.3, -0.25) is 0 Å². The van der Waals surface area contributed by atoms with Gasteiger partial charge in [-0.2, -0.15) is 7.82 Å². The van der Waals surface area contributed by atoms with Crippen molar-refractivity contribution in [1.82, 2.24) is 0 Å². The third-order valence-corrected chi connectivity index (χ3v) is 0.224. The van der Waals surface area contributed by atoms with Gasteiger partial charge in [0.05, 0.1) is 0 Å². The van der Waals surface area contributed by atoms with Crippen molar-refractivity contribution < 1.29 is 29.8 Å². The fourth-order valence-electron chi connectivity index (χ4n) is 0. The number of hydrogen-bond acceptors (Lipinski definition) is 6. The Morgan fingerprint density at radius 1 is 1.25 bits per heavy atom. The van der Waals surface area contributed by atoms with Crippen LogP contribution in [0.2, 0.25) is 0 Å². The van der Waals surface area contributed by atoms with Gasteiger partial charge in [0.25, 0.3) is 0 Å². The van der Waals surface area contributed by atoms with Crippen molar-refractivity contribution in [2.45, 2.75) is 13.3 Å². The Kier molecular flexibility index (Phi) is 46.8. The van der Waals surface area contributed by atoms with Crippen molar-refractivity contribution in [3.8, 4) is 0 Å². The first-order chi connectivity index (χ1) is 3.91. The van der Waals surface area contributed by atoms with E-state index in [2.05, 4.69) is 0 Å². The summed E-state index contributed by atoms with van der Waals surface area (Å²) in [6.45, 7) is 2.25. The van der Waals surface area contributed by atoms with Gasteiger partial charge in [-0.15, -0.1) is 0 Å². The van der Waals surface area contributed by atoms with E-state index in [0.717, 1.165) is 6.42 Å². The summed E-state index contributed by atoms with van der Waals surface area (Å²) in [7, 11) is -5.39. The molecule has 0 heterocycles. The van der Waals surface area contributed by atoms with Crippen molar-refractivity contribution >= 4 is 83.3 Å². The molecule has 0 radical (unpaired) electrons. The van der Waals surface area contributed by atoms with Gasteiger partial charge in [-0.25, -0.2) is 0 Å². The topological polar surface area (TPSA) is 136 Å². The Bertz CT molecular complexity index is 84.5. The van der Waals surface area contributed by atoms with Crippen LogP contribution < -0.4 is 14.7 Å². The quantitative estimate of drug-likeness (QED) is 0.382.